The summed E-state index contributed by atoms with van der Waals surface area (Å²) in [6.07, 6.45) is -4.81. The number of aryl methyl sites for hydroxylation is 1. The number of carbonyl (C=O) groups is 1. The zero-order chi connectivity index (χ0) is 20.2. The second kappa shape index (κ2) is 7.94. The summed E-state index contributed by atoms with van der Waals surface area (Å²) in [4.78, 5) is 22.4. The van der Waals surface area contributed by atoms with Crippen molar-refractivity contribution in [3.63, 3.8) is 0 Å². The SMILES string of the molecule is CCOC(=O)c1cc(Oc2ccc(OC(F)(F)F)cc2)c(C)cc1[N+](=O)[O-]. The van der Waals surface area contributed by atoms with Gasteiger partial charge in [-0.2, -0.15) is 0 Å². The van der Waals surface area contributed by atoms with E-state index in [1.54, 1.807) is 6.92 Å². The number of hydrogen-bond acceptors (Lipinski definition) is 6. The van der Waals surface area contributed by atoms with E-state index in [4.69, 9.17) is 9.47 Å². The van der Waals surface area contributed by atoms with Gasteiger partial charge in [-0.05, 0) is 43.7 Å². The molecule has 2 rings (SSSR count). The summed E-state index contributed by atoms with van der Waals surface area (Å²) in [6.45, 7) is 3.11. The zero-order valence-electron chi connectivity index (χ0n) is 14.2. The van der Waals surface area contributed by atoms with Crippen molar-refractivity contribution in [2.24, 2.45) is 0 Å². The van der Waals surface area contributed by atoms with Gasteiger partial charge < -0.3 is 14.2 Å². The van der Waals surface area contributed by atoms with Gasteiger partial charge in [0.1, 0.15) is 22.8 Å². The van der Waals surface area contributed by atoms with Crippen LogP contribution in [0.4, 0.5) is 18.9 Å². The third-order valence-electron chi connectivity index (χ3n) is 3.27. The quantitative estimate of drug-likeness (QED) is 0.404. The Morgan fingerprint density at radius 3 is 2.26 bits per heavy atom. The Kier molecular flexibility index (Phi) is 5.88. The van der Waals surface area contributed by atoms with Crippen molar-refractivity contribution in [3.8, 4) is 17.2 Å². The van der Waals surface area contributed by atoms with Crippen molar-refractivity contribution in [1.82, 2.24) is 0 Å². The van der Waals surface area contributed by atoms with Crippen molar-refractivity contribution in [3.05, 3.63) is 57.6 Å². The van der Waals surface area contributed by atoms with Gasteiger partial charge in [0, 0.05) is 12.1 Å². The van der Waals surface area contributed by atoms with Gasteiger partial charge in [-0.15, -0.1) is 13.2 Å². The minimum absolute atomic E-state index is 0.0285. The number of carbonyl (C=O) groups excluding carboxylic acids is 1. The van der Waals surface area contributed by atoms with Crippen LogP contribution < -0.4 is 9.47 Å². The number of hydrogen-bond donors (Lipinski definition) is 0. The first-order chi connectivity index (χ1) is 12.6. The molecule has 0 saturated heterocycles. The highest BCUT2D eigenvalue weighted by Gasteiger charge is 2.31. The van der Waals surface area contributed by atoms with Gasteiger partial charge in [0.05, 0.1) is 11.5 Å². The van der Waals surface area contributed by atoms with Crippen LogP contribution in [0.25, 0.3) is 0 Å². The average molecular weight is 385 g/mol. The van der Waals surface area contributed by atoms with Crippen LogP contribution >= 0.6 is 0 Å². The van der Waals surface area contributed by atoms with Gasteiger partial charge >= 0.3 is 12.3 Å². The molecule has 0 atom stereocenters. The second-order valence-corrected chi connectivity index (χ2v) is 5.23. The van der Waals surface area contributed by atoms with Crippen molar-refractivity contribution in [1.29, 1.82) is 0 Å². The normalized spacial score (nSPS) is 11.0. The number of halogens is 3. The molecular formula is C17H14F3NO6. The molecule has 0 aliphatic heterocycles. The third-order valence-corrected chi connectivity index (χ3v) is 3.27. The molecule has 144 valence electrons. The number of nitrogens with zero attached hydrogens (tertiary/aromatic N) is 1. The number of alkyl halides is 3. The number of rotatable bonds is 6. The molecule has 2 aromatic rings. The standard InChI is InChI=1S/C17H14F3NO6/c1-3-25-16(22)13-9-15(10(2)8-14(13)21(23)24)26-11-4-6-12(7-5-11)27-17(18,19)20/h4-9H,3H2,1-2H3. The molecule has 0 bridgehead atoms. The maximum Gasteiger partial charge on any atom is 0.573 e. The van der Waals surface area contributed by atoms with E-state index in [1.165, 1.54) is 19.1 Å². The molecule has 0 aliphatic carbocycles. The lowest BCUT2D eigenvalue weighted by Crippen LogP contribution is -2.16. The smallest absolute Gasteiger partial charge is 0.462 e. The monoisotopic (exact) mass is 385 g/mol. The van der Waals surface area contributed by atoms with Crippen LogP contribution in [0.2, 0.25) is 0 Å². The van der Waals surface area contributed by atoms with E-state index in [-0.39, 0.29) is 23.7 Å². The van der Waals surface area contributed by atoms with E-state index in [0.29, 0.717) is 5.56 Å². The minimum Gasteiger partial charge on any atom is -0.462 e. The van der Waals surface area contributed by atoms with Crippen LogP contribution in [0.5, 0.6) is 17.2 Å². The molecule has 0 aromatic heterocycles. The summed E-state index contributed by atoms with van der Waals surface area (Å²) in [6, 6.07) is 6.87. The lowest BCUT2D eigenvalue weighted by molar-refractivity contribution is -0.385. The van der Waals surface area contributed by atoms with Crippen LogP contribution in [-0.2, 0) is 4.74 Å². The van der Waals surface area contributed by atoms with E-state index < -0.39 is 28.7 Å². The molecule has 0 amide bonds. The lowest BCUT2D eigenvalue weighted by Gasteiger charge is -2.12. The minimum atomic E-state index is -4.81. The van der Waals surface area contributed by atoms with E-state index >= 15 is 0 Å². The Morgan fingerprint density at radius 1 is 1.15 bits per heavy atom. The predicted octanol–water partition coefficient (Wildman–Crippen LogP) is 4.77. The van der Waals surface area contributed by atoms with Crippen molar-refractivity contribution in [2.45, 2.75) is 20.2 Å². The van der Waals surface area contributed by atoms with Crippen LogP contribution in [0.3, 0.4) is 0 Å². The Morgan fingerprint density at radius 2 is 1.74 bits per heavy atom. The summed E-state index contributed by atoms with van der Waals surface area (Å²) in [7, 11) is 0. The number of benzene rings is 2. The van der Waals surface area contributed by atoms with E-state index in [2.05, 4.69) is 4.74 Å². The third kappa shape index (κ3) is 5.33. The number of nitro benzene ring substituents is 1. The first-order valence-corrected chi connectivity index (χ1v) is 7.60. The van der Waals surface area contributed by atoms with Crippen LogP contribution in [0, 0.1) is 17.0 Å². The summed E-state index contributed by atoms with van der Waals surface area (Å²) in [5, 5.41) is 11.2. The summed E-state index contributed by atoms with van der Waals surface area (Å²) >= 11 is 0. The van der Waals surface area contributed by atoms with E-state index in [0.717, 1.165) is 24.3 Å². The highest BCUT2D eigenvalue weighted by Crippen LogP contribution is 2.33. The largest absolute Gasteiger partial charge is 0.573 e. The van der Waals surface area contributed by atoms with E-state index in [1.807, 2.05) is 0 Å². The van der Waals surface area contributed by atoms with Gasteiger partial charge in [-0.1, -0.05) is 0 Å². The first-order valence-electron chi connectivity index (χ1n) is 7.60. The molecule has 2 aromatic carbocycles. The highest BCUT2D eigenvalue weighted by atomic mass is 19.4. The molecule has 0 radical (unpaired) electrons. The fourth-order valence-corrected chi connectivity index (χ4v) is 2.14. The number of ether oxygens (including phenoxy) is 3. The van der Waals surface area contributed by atoms with Gasteiger partial charge in [-0.25, -0.2) is 4.79 Å². The maximum absolute atomic E-state index is 12.2. The first kappa shape index (κ1) is 20.0. The fourth-order valence-electron chi connectivity index (χ4n) is 2.14. The Hall–Kier alpha value is -3.30. The topological polar surface area (TPSA) is 87.9 Å². The number of nitro groups is 1. The zero-order valence-corrected chi connectivity index (χ0v) is 14.2. The Labute approximate surface area is 151 Å². The Balaban J connectivity index is 2.31. The molecule has 0 saturated carbocycles. The summed E-state index contributed by atoms with van der Waals surface area (Å²) in [5.41, 5.74) is -0.378. The van der Waals surface area contributed by atoms with Crippen molar-refractivity contribution >= 4 is 11.7 Å². The summed E-state index contributed by atoms with van der Waals surface area (Å²) < 4.78 is 50.6. The van der Waals surface area contributed by atoms with Gasteiger partial charge in [-0.3, -0.25) is 10.1 Å². The average Bonchev–Trinajstić information content (AvgIpc) is 2.56. The number of esters is 1. The van der Waals surface area contributed by atoms with Crippen LogP contribution in [0.1, 0.15) is 22.8 Å². The molecule has 7 nitrogen and oxygen atoms in total. The van der Waals surface area contributed by atoms with Gasteiger partial charge in [0.15, 0.2) is 0 Å². The summed E-state index contributed by atoms with van der Waals surface area (Å²) in [5.74, 6) is -1.05. The molecule has 0 unspecified atom stereocenters. The van der Waals surface area contributed by atoms with Gasteiger partial charge in [0.2, 0.25) is 0 Å². The molecule has 0 fully saturated rings. The van der Waals surface area contributed by atoms with Crippen molar-refractivity contribution < 1.29 is 37.1 Å². The second-order valence-electron chi connectivity index (χ2n) is 5.23. The lowest BCUT2D eigenvalue weighted by atomic mass is 10.1. The molecule has 0 aliphatic rings. The molecule has 27 heavy (non-hydrogen) atoms. The molecule has 10 heteroatoms. The maximum atomic E-state index is 12.2. The van der Waals surface area contributed by atoms with Crippen LogP contribution in [0.15, 0.2) is 36.4 Å². The van der Waals surface area contributed by atoms with Crippen LogP contribution in [-0.4, -0.2) is 23.9 Å². The highest BCUT2D eigenvalue weighted by molar-refractivity contribution is 5.94. The molecular weight excluding hydrogens is 371 g/mol. The molecule has 0 spiro atoms. The van der Waals surface area contributed by atoms with E-state index in [9.17, 15) is 28.1 Å². The predicted molar refractivity (Wildman–Crippen MR) is 87.0 cm³/mol. The van der Waals surface area contributed by atoms with Gasteiger partial charge in [0.25, 0.3) is 5.69 Å². The fraction of sp³-hybridized carbons (Fsp3) is 0.235. The molecule has 0 heterocycles. The molecule has 0 N–H and O–H groups in total. The Bertz CT molecular complexity index is 849. The van der Waals surface area contributed by atoms with Crippen molar-refractivity contribution in [2.75, 3.05) is 6.61 Å².